The molecule has 0 saturated carbocycles. The van der Waals surface area contributed by atoms with Crippen LogP contribution in [-0.2, 0) is 19.1 Å². The van der Waals surface area contributed by atoms with Gasteiger partial charge in [-0.1, -0.05) is 25.7 Å². The Morgan fingerprint density at radius 3 is 1.21 bits per heavy atom. The van der Waals surface area contributed by atoms with Crippen molar-refractivity contribution < 1.29 is 29.3 Å². The molecule has 6 heteroatoms. The minimum absolute atomic E-state index is 0.348. The molecular formula is C27H48O6. The highest BCUT2D eigenvalue weighted by Gasteiger charge is 2.30. The van der Waals surface area contributed by atoms with Gasteiger partial charge in [0.15, 0.2) is 0 Å². The topological polar surface area (TPSA) is 93.1 Å². The summed E-state index contributed by atoms with van der Waals surface area (Å²) in [6.45, 7) is 7.21. The lowest BCUT2D eigenvalue weighted by Crippen LogP contribution is -2.23. The number of hydrogen-bond donors (Lipinski definition) is 2. The molecule has 2 saturated heterocycles. The second kappa shape index (κ2) is 13.1. The first kappa shape index (κ1) is 28.1. The minimum atomic E-state index is -0.711. The van der Waals surface area contributed by atoms with Crippen molar-refractivity contribution in [2.24, 2.45) is 10.8 Å². The van der Waals surface area contributed by atoms with Crippen LogP contribution in [0.3, 0.4) is 0 Å². The van der Waals surface area contributed by atoms with Crippen molar-refractivity contribution in [1.82, 2.24) is 0 Å². The summed E-state index contributed by atoms with van der Waals surface area (Å²) in [4.78, 5) is 22.4. The number of ether oxygens (including phenoxy) is 2. The molecule has 0 radical (unpaired) electrons. The SMILES string of the molecule is CC(C)(CCCCC1CCC(CCCC2CCC(CCCCC(C)(C)C(=O)O)O2)O1)C(=O)O. The van der Waals surface area contributed by atoms with E-state index in [1.807, 2.05) is 0 Å². The Morgan fingerprint density at radius 2 is 0.909 bits per heavy atom. The molecule has 0 aromatic rings. The molecule has 0 aromatic carbocycles. The Kier molecular flexibility index (Phi) is 11.1. The number of carboxylic acids is 2. The van der Waals surface area contributed by atoms with Gasteiger partial charge in [-0.3, -0.25) is 9.59 Å². The molecule has 2 aliphatic heterocycles. The molecule has 33 heavy (non-hydrogen) atoms. The fourth-order valence-electron chi connectivity index (χ4n) is 5.07. The Labute approximate surface area is 200 Å². The standard InChI is InChI=1S/C27H48O6/c1-26(2,24(28)29)18-7-5-10-20-14-16-22(32-20)12-9-13-23-17-15-21(33-23)11-6-8-19-27(3,4)25(30)31/h20-23H,5-19H2,1-4H3,(H,28,29)(H,30,31). The van der Waals surface area contributed by atoms with Gasteiger partial charge < -0.3 is 19.7 Å². The summed E-state index contributed by atoms with van der Waals surface area (Å²) in [5.41, 5.74) is -1.25. The summed E-state index contributed by atoms with van der Waals surface area (Å²) in [5.74, 6) is -1.42. The molecule has 4 atom stereocenters. The van der Waals surface area contributed by atoms with E-state index in [0.29, 0.717) is 24.4 Å². The third-order valence-corrected chi connectivity index (χ3v) is 7.76. The van der Waals surface area contributed by atoms with E-state index >= 15 is 0 Å². The first-order valence-corrected chi connectivity index (χ1v) is 13.3. The van der Waals surface area contributed by atoms with E-state index in [2.05, 4.69) is 0 Å². The maximum atomic E-state index is 11.2. The van der Waals surface area contributed by atoms with Gasteiger partial charge in [0.25, 0.3) is 0 Å². The van der Waals surface area contributed by atoms with Gasteiger partial charge in [-0.2, -0.15) is 0 Å². The number of rotatable bonds is 16. The van der Waals surface area contributed by atoms with Crippen LogP contribution in [0.15, 0.2) is 0 Å². The second-order valence-electron chi connectivity index (χ2n) is 11.7. The molecule has 2 aliphatic rings. The summed E-state index contributed by atoms with van der Waals surface area (Å²) >= 11 is 0. The number of carbonyl (C=O) groups is 2. The Hall–Kier alpha value is -1.14. The molecule has 2 heterocycles. The van der Waals surface area contributed by atoms with E-state index < -0.39 is 22.8 Å². The largest absolute Gasteiger partial charge is 0.481 e. The maximum absolute atomic E-state index is 11.2. The fraction of sp³-hybridized carbons (Fsp3) is 0.926. The van der Waals surface area contributed by atoms with Gasteiger partial charge in [0.05, 0.1) is 35.2 Å². The molecule has 2 N–H and O–H groups in total. The van der Waals surface area contributed by atoms with E-state index in [9.17, 15) is 19.8 Å². The van der Waals surface area contributed by atoms with Crippen molar-refractivity contribution in [1.29, 1.82) is 0 Å². The molecular weight excluding hydrogens is 420 g/mol. The summed E-state index contributed by atoms with van der Waals surface area (Å²) < 4.78 is 12.5. The summed E-state index contributed by atoms with van der Waals surface area (Å²) in [6, 6.07) is 0. The number of hydrogen-bond acceptors (Lipinski definition) is 4. The summed E-state index contributed by atoms with van der Waals surface area (Å²) in [6.07, 6.45) is 16.9. The smallest absolute Gasteiger partial charge is 0.309 e. The van der Waals surface area contributed by atoms with Crippen LogP contribution in [0.4, 0.5) is 0 Å². The number of unbranched alkanes of at least 4 members (excludes halogenated alkanes) is 2. The van der Waals surface area contributed by atoms with Gasteiger partial charge in [-0.15, -0.1) is 0 Å². The molecule has 2 rings (SSSR count). The molecule has 4 unspecified atom stereocenters. The third-order valence-electron chi connectivity index (χ3n) is 7.76. The predicted molar refractivity (Wildman–Crippen MR) is 129 cm³/mol. The predicted octanol–water partition coefficient (Wildman–Crippen LogP) is 6.59. The fourth-order valence-corrected chi connectivity index (χ4v) is 5.07. The Morgan fingerprint density at radius 1 is 0.606 bits per heavy atom. The molecule has 0 bridgehead atoms. The van der Waals surface area contributed by atoms with Crippen LogP contribution in [0, 0.1) is 10.8 Å². The van der Waals surface area contributed by atoms with E-state index in [-0.39, 0.29) is 0 Å². The molecule has 0 spiro atoms. The zero-order valence-electron chi connectivity index (χ0n) is 21.4. The van der Waals surface area contributed by atoms with E-state index in [4.69, 9.17) is 9.47 Å². The van der Waals surface area contributed by atoms with Gasteiger partial charge in [-0.05, 0) is 98.3 Å². The van der Waals surface area contributed by atoms with Gasteiger partial charge in [0.1, 0.15) is 0 Å². The van der Waals surface area contributed by atoms with Gasteiger partial charge in [0, 0.05) is 0 Å². The van der Waals surface area contributed by atoms with Crippen molar-refractivity contribution in [3.8, 4) is 0 Å². The van der Waals surface area contributed by atoms with Crippen LogP contribution in [0.2, 0.25) is 0 Å². The lowest BCUT2D eigenvalue weighted by Gasteiger charge is -2.19. The quantitative estimate of drug-likeness (QED) is 0.248. The first-order chi connectivity index (χ1) is 15.5. The zero-order valence-corrected chi connectivity index (χ0v) is 21.4. The molecule has 192 valence electrons. The lowest BCUT2D eigenvalue weighted by atomic mass is 9.87. The van der Waals surface area contributed by atoms with Crippen LogP contribution in [-0.4, -0.2) is 46.6 Å². The second-order valence-corrected chi connectivity index (χ2v) is 11.7. The number of aliphatic carboxylic acids is 2. The van der Waals surface area contributed by atoms with Crippen LogP contribution >= 0.6 is 0 Å². The highest BCUT2D eigenvalue weighted by molar-refractivity contribution is 5.73. The van der Waals surface area contributed by atoms with E-state index in [1.165, 1.54) is 0 Å². The average molecular weight is 469 g/mol. The minimum Gasteiger partial charge on any atom is -0.481 e. The highest BCUT2D eigenvalue weighted by Crippen LogP contribution is 2.32. The number of carboxylic acid groups (broad SMARTS) is 2. The Balaban J connectivity index is 1.49. The van der Waals surface area contributed by atoms with Crippen LogP contribution in [0.5, 0.6) is 0 Å². The zero-order chi connectivity index (χ0) is 24.5. The van der Waals surface area contributed by atoms with Crippen molar-refractivity contribution in [2.45, 2.75) is 148 Å². The maximum Gasteiger partial charge on any atom is 0.309 e. The highest BCUT2D eigenvalue weighted by atomic mass is 16.5. The van der Waals surface area contributed by atoms with Crippen LogP contribution in [0.25, 0.3) is 0 Å². The monoisotopic (exact) mass is 468 g/mol. The molecule has 0 amide bonds. The third kappa shape index (κ3) is 9.94. The molecule has 0 aliphatic carbocycles. The van der Waals surface area contributed by atoms with Crippen LogP contribution < -0.4 is 0 Å². The van der Waals surface area contributed by atoms with Crippen molar-refractivity contribution in [2.75, 3.05) is 0 Å². The Bertz CT molecular complexity index is 562. The van der Waals surface area contributed by atoms with Crippen molar-refractivity contribution >= 4 is 11.9 Å². The molecule has 0 aromatic heterocycles. The molecule has 2 fully saturated rings. The van der Waals surface area contributed by atoms with Crippen molar-refractivity contribution in [3.05, 3.63) is 0 Å². The average Bonchev–Trinajstić information content (AvgIpc) is 3.38. The summed E-state index contributed by atoms with van der Waals surface area (Å²) in [5, 5.41) is 18.4. The summed E-state index contributed by atoms with van der Waals surface area (Å²) in [7, 11) is 0. The van der Waals surface area contributed by atoms with Crippen LogP contribution in [0.1, 0.15) is 124 Å². The van der Waals surface area contributed by atoms with Gasteiger partial charge >= 0.3 is 11.9 Å². The van der Waals surface area contributed by atoms with Gasteiger partial charge in [0.2, 0.25) is 0 Å². The first-order valence-electron chi connectivity index (χ1n) is 13.3. The van der Waals surface area contributed by atoms with Crippen molar-refractivity contribution in [3.63, 3.8) is 0 Å². The van der Waals surface area contributed by atoms with E-state index in [1.54, 1.807) is 27.7 Å². The van der Waals surface area contributed by atoms with Gasteiger partial charge in [-0.25, -0.2) is 0 Å². The van der Waals surface area contributed by atoms with E-state index in [0.717, 1.165) is 96.3 Å². The molecule has 6 nitrogen and oxygen atoms in total. The normalized spacial score (nSPS) is 26.1. The lowest BCUT2D eigenvalue weighted by molar-refractivity contribution is -0.148.